The van der Waals surface area contributed by atoms with Gasteiger partial charge in [-0.15, -0.1) is 0 Å². The second kappa shape index (κ2) is 12.1. The highest BCUT2D eigenvalue weighted by molar-refractivity contribution is 7.89. The Bertz CT molecular complexity index is 1240. The van der Waals surface area contributed by atoms with E-state index in [4.69, 9.17) is 16.3 Å². The molecule has 202 valence electrons. The van der Waals surface area contributed by atoms with E-state index in [2.05, 4.69) is 10.0 Å². The molecule has 2 fully saturated rings. The number of methoxy groups -OCH3 is 1. The zero-order valence-electron chi connectivity index (χ0n) is 21.3. The first kappa shape index (κ1) is 27.8. The van der Waals surface area contributed by atoms with E-state index in [0.29, 0.717) is 37.7 Å². The molecule has 0 bridgehead atoms. The van der Waals surface area contributed by atoms with Gasteiger partial charge in [-0.05, 0) is 74.2 Å². The Morgan fingerprint density at radius 3 is 2.70 bits per heavy atom. The minimum Gasteiger partial charge on any atom is -0.385 e. The standard InChI is InChI=1S/C26H35ClN4O5S/c1-18(25(32)30-12-3-5-22(17-30)28-11-4-14-36-2)31-13-10-24(26(31)33)29-37(34,35)23-9-7-19-15-21(27)8-6-20(19)16-23/h6-9,15-16,18,22,24,28-29H,3-5,10-14,17H2,1-2H3/t18-,22?,24?/m0/s1. The first-order chi connectivity index (χ1) is 17.7. The summed E-state index contributed by atoms with van der Waals surface area (Å²) < 4.78 is 33.8. The van der Waals surface area contributed by atoms with E-state index in [1.165, 1.54) is 11.0 Å². The van der Waals surface area contributed by atoms with Gasteiger partial charge in [0.15, 0.2) is 0 Å². The predicted molar refractivity (Wildman–Crippen MR) is 143 cm³/mol. The molecule has 4 rings (SSSR count). The van der Waals surface area contributed by atoms with E-state index in [0.717, 1.165) is 36.6 Å². The molecule has 2 aromatic carbocycles. The molecule has 0 radical (unpaired) electrons. The Hall–Kier alpha value is -2.24. The molecule has 2 saturated heterocycles. The second-order valence-corrected chi connectivity index (χ2v) is 11.9. The van der Waals surface area contributed by atoms with Gasteiger partial charge < -0.3 is 19.9 Å². The molecular formula is C26H35ClN4O5S. The number of nitrogens with zero attached hydrogens (tertiary/aromatic N) is 2. The Labute approximate surface area is 223 Å². The number of ether oxygens (including phenoxy) is 1. The van der Waals surface area contributed by atoms with Crippen LogP contribution in [0.5, 0.6) is 0 Å². The molecule has 2 N–H and O–H groups in total. The first-order valence-corrected chi connectivity index (χ1v) is 14.6. The maximum atomic E-state index is 13.3. The van der Waals surface area contributed by atoms with Crippen molar-refractivity contribution < 1.29 is 22.7 Å². The van der Waals surface area contributed by atoms with E-state index in [9.17, 15) is 18.0 Å². The summed E-state index contributed by atoms with van der Waals surface area (Å²) in [4.78, 5) is 29.8. The first-order valence-electron chi connectivity index (χ1n) is 12.7. The van der Waals surface area contributed by atoms with Gasteiger partial charge >= 0.3 is 0 Å². The van der Waals surface area contributed by atoms with Crippen LogP contribution < -0.4 is 10.0 Å². The predicted octanol–water partition coefficient (Wildman–Crippen LogP) is 2.38. The minimum absolute atomic E-state index is 0.0788. The molecule has 2 aliphatic heterocycles. The molecule has 2 aliphatic rings. The number of hydrogen-bond acceptors (Lipinski definition) is 6. The number of carbonyl (C=O) groups excluding carboxylic acids is 2. The summed E-state index contributed by atoms with van der Waals surface area (Å²) in [5.74, 6) is -0.475. The summed E-state index contributed by atoms with van der Waals surface area (Å²) in [5, 5.41) is 5.61. The number of halogens is 1. The fourth-order valence-electron chi connectivity index (χ4n) is 5.08. The third kappa shape index (κ3) is 6.61. The number of rotatable bonds is 10. The highest BCUT2D eigenvalue weighted by atomic mass is 35.5. The van der Waals surface area contributed by atoms with Crippen LogP contribution in [0.2, 0.25) is 5.02 Å². The molecule has 0 spiro atoms. The normalized spacial score (nSPS) is 21.5. The molecule has 0 aromatic heterocycles. The second-order valence-electron chi connectivity index (χ2n) is 9.75. The maximum absolute atomic E-state index is 13.3. The summed E-state index contributed by atoms with van der Waals surface area (Å²) in [6, 6.07) is 8.63. The maximum Gasteiger partial charge on any atom is 0.245 e. The van der Waals surface area contributed by atoms with Crippen molar-refractivity contribution in [2.45, 2.75) is 55.6 Å². The van der Waals surface area contributed by atoms with Crippen LogP contribution in [0.1, 0.15) is 32.6 Å². The molecule has 2 amide bonds. The van der Waals surface area contributed by atoms with Crippen molar-refractivity contribution in [1.29, 1.82) is 0 Å². The number of hydrogen-bond donors (Lipinski definition) is 2. The van der Waals surface area contributed by atoms with Crippen LogP contribution in [0.15, 0.2) is 41.3 Å². The van der Waals surface area contributed by atoms with Gasteiger partial charge in [-0.3, -0.25) is 9.59 Å². The Balaban J connectivity index is 1.36. The molecular weight excluding hydrogens is 516 g/mol. The summed E-state index contributed by atoms with van der Waals surface area (Å²) in [7, 11) is -2.25. The highest BCUT2D eigenvalue weighted by Crippen LogP contribution is 2.24. The smallest absolute Gasteiger partial charge is 0.245 e. The number of likely N-dealkylation sites (tertiary alicyclic amines) is 2. The largest absolute Gasteiger partial charge is 0.385 e. The van der Waals surface area contributed by atoms with Crippen molar-refractivity contribution in [1.82, 2.24) is 19.8 Å². The van der Waals surface area contributed by atoms with Crippen molar-refractivity contribution in [2.24, 2.45) is 0 Å². The third-order valence-corrected chi connectivity index (χ3v) is 8.84. The summed E-state index contributed by atoms with van der Waals surface area (Å²) >= 11 is 6.02. The van der Waals surface area contributed by atoms with E-state index < -0.39 is 22.1 Å². The minimum atomic E-state index is -3.93. The molecule has 2 aromatic rings. The number of piperidine rings is 1. The van der Waals surface area contributed by atoms with Crippen molar-refractivity contribution in [3.8, 4) is 0 Å². The van der Waals surface area contributed by atoms with Gasteiger partial charge in [-0.1, -0.05) is 23.7 Å². The van der Waals surface area contributed by atoms with E-state index in [1.54, 1.807) is 44.4 Å². The molecule has 9 nitrogen and oxygen atoms in total. The van der Waals surface area contributed by atoms with Crippen molar-refractivity contribution in [2.75, 3.05) is 39.9 Å². The number of carbonyl (C=O) groups is 2. The van der Waals surface area contributed by atoms with Crippen molar-refractivity contribution >= 4 is 44.2 Å². The van der Waals surface area contributed by atoms with Gasteiger partial charge in [0.2, 0.25) is 21.8 Å². The van der Waals surface area contributed by atoms with Crippen LogP contribution in [0, 0.1) is 0 Å². The van der Waals surface area contributed by atoms with Crippen LogP contribution in [-0.2, 0) is 24.3 Å². The fraction of sp³-hybridized carbons (Fsp3) is 0.538. The fourth-order valence-corrected chi connectivity index (χ4v) is 6.52. The lowest BCUT2D eigenvalue weighted by Crippen LogP contribution is -2.54. The lowest BCUT2D eigenvalue weighted by molar-refractivity contribution is -0.144. The molecule has 3 atom stereocenters. The molecule has 11 heteroatoms. The van der Waals surface area contributed by atoms with Gasteiger partial charge in [-0.25, -0.2) is 8.42 Å². The van der Waals surface area contributed by atoms with Crippen LogP contribution in [0.4, 0.5) is 0 Å². The summed E-state index contributed by atoms with van der Waals surface area (Å²) in [6.07, 6.45) is 3.11. The van der Waals surface area contributed by atoms with Gasteiger partial charge in [0.25, 0.3) is 0 Å². The zero-order valence-corrected chi connectivity index (χ0v) is 22.9. The number of fused-ring (bicyclic) bond motifs is 1. The lowest BCUT2D eigenvalue weighted by Gasteiger charge is -2.36. The number of sulfonamides is 1. The summed E-state index contributed by atoms with van der Waals surface area (Å²) in [5.41, 5.74) is 0. The van der Waals surface area contributed by atoms with Crippen LogP contribution in [-0.4, -0.2) is 88.1 Å². The summed E-state index contributed by atoms with van der Waals surface area (Å²) in [6.45, 7) is 4.82. The Morgan fingerprint density at radius 1 is 1.16 bits per heavy atom. The van der Waals surface area contributed by atoms with E-state index in [1.807, 2.05) is 4.90 Å². The Morgan fingerprint density at radius 2 is 1.92 bits per heavy atom. The van der Waals surface area contributed by atoms with E-state index in [-0.39, 0.29) is 22.8 Å². The number of amides is 2. The topological polar surface area (TPSA) is 108 Å². The highest BCUT2D eigenvalue weighted by Gasteiger charge is 2.40. The van der Waals surface area contributed by atoms with Gasteiger partial charge in [-0.2, -0.15) is 4.72 Å². The Kier molecular flexibility index (Phi) is 9.07. The van der Waals surface area contributed by atoms with E-state index >= 15 is 0 Å². The van der Waals surface area contributed by atoms with Crippen molar-refractivity contribution in [3.05, 3.63) is 41.4 Å². The molecule has 0 saturated carbocycles. The van der Waals surface area contributed by atoms with Gasteiger partial charge in [0.05, 0.1) is 4.90 Å². The van der Waals surface area contributed by atoms with Crippen LogP contribution in [0.25, 0.3) is 10.8 Å². The van der Waals surface area contributed by atoms with Crippen LogP contribution in [0.3, 0.4) is 0 Å². The monoisotopic (exact) mass is 550 g/mol. The van der Waals surface area contributed by atoms with Gasteiger partial charge in [0.1, 0.15) is 12.1 Å². The molecule has 37 heavy (non-hydrogen) atoms. The molecule has 0 aliphatic carbocycles. The van der Waals surface area contributed by atoms with Crippen LogP contribution >= 0.6 is 11.6 Å². The third-order valence-electron chi connectivity index (χ3n) is 7.14. The lowest BCUT2D eigenvalue weighted by atomic mass is 10.0. The van der Waals surface area contributed by atoms with Crippen molar-refractivity contribution in [3.63, 3.8) is 0 Å². The molecule has 2 unspecified atom stereocenters. The average Bonchev–Trinajstić information content (AvgIpc) is 3.24. The SMILES string of the molecule is COCCCNC1CCCN(C(=O)[C@H](C)N2CCC(NS(=O)(=O)c3ccc4cc(Cl)ccc4c3)C2=O)C1. The molecule has 2 heterocycles. The van der Waals surface area contributed by atoms with Gasteiger partial charge in [0, 0.05) is 44.4 Å². The quantitative estimate of drug-likeness (QED) is 0.440. The number of nitrogens with one attached hydrogen (secondary N) is 2. The average molecular weight is 551 g/mol. The zero-order chi connectivity index (χ0) is 26.6. The number of benzene rings is 2.